The Hall–Kier alpha value is -4.27. The number of carbonyl (C=O) groups is 1. The number of aryl methyl sites for hydroxylation is 1. The Balaban J connectivity index is 1.52. The molecule has 4 rings (SSSR count). The highest BCUT2D eigenvalue weighted by atomic mass is 19.1. The topological polar surface area (TPSA) is 81.1 Å². The maximum atomic E-state index is 14.4. The molecule has 2 amide bonds. The zero-order valence-corrected chi connectivity index (χ0v) is 16.3. The lowest BCUT2D eigenvalue weighted by Crippen LogP contribution is -2.20. The van der Waals surface area contributed by atoms with Crippen molar-refractivity contribution in [1.29, 1.82) is 0 Å². The molecule has 1 aromatic heterocycles. The van der Waals surface area contributed by atoms with Gasteiger partial charge in [-0.05, 0) is 42.8 Å². The number of hydrogen-bond donors (Lipinski definition) is 2. The first-order valence-electron chi connectivity index (χ1n) is 9.25. The van der Waals surface area contributed by atoms with Crippen LogP contribution in [0, 0.1) is 18.6 Å². The smallest absolute Gasteiger partial charge is 0.323 e. The summed E-state index contributed by atoms with van der Waals surface area (Å²) in [6, 6.07) is 14.8. The average Bonchev–Trinajstić information content (AvgIpc) is 3.28. The van der Waals surface area contributed by atoms with E-state index in [9.17, 15) is 13.6 Å². The van der Waals surface area contributed by atoms with Gasteiger partial charge in [0.15, 0.2) is 11.6 Å². The van der Waals surface area contributed by atoms with Gasteiger partial charge in [0.05, 0.1) is 5.69 Å². The Kier molecular flexibility index (Phi) is 5.57. The molecule has 0 radical (unpaired) electrons. The Labute approximate surface area is 176 Å². The number of urea groups is 1. The van der Waals surface area contributed by atoms with E-state index in [1.54, 1.807) is 60.4 Å². The van der Waals surface area contributed by atoms with Gasteiger partial charge in [0.1, 0.15) is 29.9 Å². The van der Waals surface area contributed by atoms with Crippen LogP contribution in [-0.2, 0) is 0 Å². The number of ether oxygens (including phenoxy) is 1. The van der Waals surface area contributed by atoms with E-state index in [1.165, 1.54) is 6.33 Å². The molecule has 0 bridgehead atoms. The quantitative estimate of drug-likeness (QED) is 0.459. The summed E-state index contributed by atoms with van der Waals surface area (Å²) >= 11 is 0. The van der Waals surface area contributed by atoms with Gasteiger partial charge in [-0.1, -0.05) is 18.2 Å². The van der Waals surface area contributed by atoms with Gasteiger partial charge in [0, 0.05) is 17.8 Å². The fourth-order valence-electron chi connectivity index (χ4n) is 2.86. The maximum Gasteiger partial charge on any atom is 0.323 e. The number of benzene rings is 3. The third kappa shape index (κ3) is 4.67. The van der Waals surface area contributed by atoms with Crippen LogP contribution < -0.4 is 15.4 Å². The van der Waals surface area contributed by atoms with Crippen LogP contribution in [0.3, 0.4) is 0 Å². The molecular formula is C22H17F2N5O2. The normalized spacial score (nSPS) is 10.5. The van der Waals surface area contributed by atoms with Crippen molar-refractivity contribution in [2.75, 3.05) is 10.6 Å². The molecule has 0 saturated heterocycles. The van der Waals surface area contributed by atoms with Crippen LogP contribution in [0.4, 0.5) is 25.0 Å². The standard InChI is InChI=1S/C22H17F2N5O2/c1-14-4-2-3-5-19(14)31-20-11-15(23)10-18(24)21(20)28-22(30)27-16-6-8-17(9-7-16)29-13-25-12-26-29/h2-13H,1H3,(H2,27,28,30). The minimum atomic E-state index is -0.958. The van der Waals surface area contributed by atoms with E-state index in [0.717, 1.165) is 17.3 Å². The monoisotopic (exact) mass is 421 g/mol. The number of nitrogens with zero attached hydrogens (tertiary/aromatic N) is 3. The molecule has 1 heterocycles. The first-order valence-corrected chi connectivity index (χ1v) is 9.25. The van der Waals surface area contributed by atoms with E-state index >= 15 is 0 Å². The van der Waals surface area contributed by atoms with Gasteiger partial charge in [0.25, 0.3) is 0 Å². The number of hydrogen-bond acceptors (Lipinski definition) is 4. The van der Waals surface area contributed by atoms with E-state index in [4.69, 9.17) is 4.74 Å². The summed E-state index contributed by atoms with van der Waals surface area (Å²) in [6.07, 6.45) is 2.95. The third-order valence-corrected chi connectivity index (χ3v) is 4.38. The van der Waals surface area contributed by atoms with E-state index in [2.05, 4.69) is 20.7 Å². The minimum Gasteiger partial charge on any atom is -0.455 e. The SMILES string of the molecule is Cc1ccccc1Oc1cc(F)cc(F)c1NC(=O)Nc1ccc(-n2cncn2)cc1. The van der Waals surface area contributed by atoms with Crippen LogP contribution in [0.15, 0.2) is 73.3 Å². The van der Waals surface area contributed by atoms with Gasteiger partial charge in [-0.25, -0.2) is 23.2 Å². The van der Waals surface area contributed by atoms with E-state index in [1.807, 2.05) is 6.07 Å². The van der Waals surface area contributed by atoms with Gasteiger partial charge >= 0.3 is 6.03 Å². The first-order chi connectivity index (χ1) is 15.0. The maximum absolute atomic E-state index is 14.4. The number of carbonyl (C=O) groups excluding carboxylic acids is 1. The molecule has 7 nitrogen and oxygen atoms in total. The van der Waals surface area contributed by atoms with Crippen molar-refractivity contribution in [3.63, 3.8) is 0 Å². The molecule has 0 saturated carbocycles. The van der Waals surface area contributed by atoms with Crippen LogP contribution in [0.25, 0.3) is 5.69 Å². The van der Waals surface area contributed by atoms with Gasteiger partial charge in [0.2, 0.25) is 0 Å². The summed E-state index contributed by atoms with van der Waals surface area (Å²) in [5.41, 5.74) is 1.71. The zero-order valence-electron chi connectivity index (χ0n) is 16.3. The van der Waals surface area contributed by atoms with Crippen molar-refractivity contribution < 1.29 is 18.3 Å². The summed E-state index contributed by atoms with van der Waals surface area (Å²) in [6.45, 7) is 1.80. The van der Waals surface area contributed by atoms with Crippen LogP contribution in [-0.4, -0.2) is 20.8 Å². The zero-order chi connectivity index (χ0) is 21.8. The number of halogens is 2. The molecule has 0 aliphatic carbocycles. The number of amides is 2. The highest BCUT2D eigenvalue weighted by molar-refractivity contribution is 6.00. The van der Waals surface area contributed by atoms with Crippen molar-refractivity contribution >= 4 is 17.4 Å². The largest absolute Gasteiger partial charge is 0.455 e. The Morgan fingerprint density at radius 2 is 1.77 bits per heavy atom. The number of para-hydroxylation sites is 1. The Bertz CT molecular complexity index is 1210. The molecule has 0 fully saturated rings. The summed E-state index contributed by atoms with van der Waals surface area (Å²) in [5, 5.41) is 9.01. The molecule has 4 aromatic rings. The van der Waals surface area contributed by atoms with Crippen molar-refractivity contribution in [3.05, 3.63) is 90.5 Å². The fraction of sp³-hybridized carbons (Fsp3) is 0.0455. The second-order valence-corrected chi connectivity index (χ2v) is 6.59. The summed E-state index contributed by atoms with van der Waals surface area (Å²) in [5.74, 6) is -1.51. The van der Waals surface area contributed by atoms with Crippen molar-refractivity contribution in [1.82, 2.24) is 14.8 Å². The molecule has 0 spiro atoms. The Morgan fingerprint density at radius 3 is 2.48 bits per heavy atom. The molecule has 156 valence electrons. The predicted molar refractivity (Wildman–Crippen MR) is 112 cm³/mol. The van der Waals surface area contributed by atoms with Crippen molar-refractivity contribution in [3.8, 4) is 17.2 Å². The van der Waals surface area contributed by atoms with Crippen molar-refractivity contribution in [2.45, 2.75) is 6.92 Å². The van der Waals surface area contributed by atoms with Crippen LogP contribution in [0.2, 0.25) is 0 Å². The molecule has 2 N–H and O–H groups in total. The second-order valence-electron chi connectivity index (χ2n) is 6.59. The first kappa shape index (κ1) is 20.0. The lowest BCUT2D eigenvalue weighted by molar-refractivity contribution is 0.262. The van der Waals surface area contributed by atoms with Crippen LogP contribution in [0.1, 0.15) is 5.56 Å². The number of rotatable bonds is 5. The summed E-state index contributed by atoms with van der Waals surface area (Å²) < 4.78 is 35.5. The summed E-state index contributed by atoms with van der Waals surface area (Å²) in [4.78, 5) is 16.3. The molecule has 3 aromatic carbocycles. The van der Waals surface area contributed by atoms with Gasteiger partial charge in [-0.2, -0.15) is 5.10 Å². The Morgan fingerprint density at radius 1 is 1.00 bits per heavy atom. The van der Waals surface area contributed by atoms with E-state index < -0.39 is 17.7 Å². The number of aromatic nitrogens is 3. The second kappa shape index (κ2) is 8.62. The van der Waals surface area contributed by atoms with E-state index in [0.29, 0.717) is 17.5 Å². The molecule has 0 aliphatic heterocycles. The molecular weight excluding hydrogens is 404 g/mol. The molecule has 31 heavy (non-hydrogen) atoms. The highest BCUT2D eigenvalue weighted by Crippen LogP contribution is 2.34. The predicted octanol–water partition coefficient (Wildman–Crippen LogP) is 5.29. The average molecular weight is 421 g/mol. The van der Waals surface area contributed by atoms with Crippen LogP contribution in [0.5, 0.6) is 11.5 Å². The lowest BCUT2D eigenvalue weighted by atomic mass is 10.2. The van der Waals surface area contributed by atoms with Gasteiger partial charge in [-0.3, -0.25) is 0 Å². The number of anilines is 2. The van der Waals surface area contributed by atoms with Crippen LogP contribution >= 0.6 is 0 Å². The van der Waals surface area contributed by atoms with Gasteiger partial charge < -0.3 is 15.4 Å². The van der Waals surface area contributed by atoms with Gasteiger partial charge in [-0.15, -0.1) is 0 Å². The van der Waals surface area contributed by atoms with Crippen molar-refractivity contribution in [2.24, 2.45) is 0 Å². The molecule has 0 aliphatic rings. The lowest BCUT2D eigenvalue weighted by Gasteiger charge is -2.15. The molecule has 0 unspecified atom stereocenters. The molecule has 0 atom stereocenters. The number of nitrogens with one attached hydrogen (secondary N) is 2. The summed E-state index contributed by atoms with van der Waals surface area (Å²) in [7, 11) is 0. The minimum absolute atomic E-state index is 0.150. The molecule has 9 heteroatoms. The fourth-order valence-corrected chi connectivity index (χ4v) is 2.86. The van der Waals surface area contributed by atoms with E-state index in [-0.39, 0.29) is 11.4 Å². The highest BCUT2D eigenvalue weighted by Gasteiger charge is 2.17. The third-order valence-electron chi connectivity index (χ3n) is 4.38.